The van der Waals surface area contributed by atoms with Crippen molar-refractivity contribution in [2.45, 2.75) is 19.6 Å². The van der Waals surface area contributed by atoms with Crippen LogP contribution in [0.1, 0.15) is 24.4 Å². The Morgan fingerprint density at radius 1 is 1.13 bits per heavy atom. The first-order chi connectivity index (χ1) is 15.1. The van der Waals surface area contributed by atoms with Crippen molar-refractivity contribution >= 4 is 22.2 Å². The SMILES string of the molecule is CC(N)c1cccc(-c2cc(-c3nccs3)c3cnn(-c4cccc(CO)n4)c3c2)n1. The molecule has 0 saturated carbocycles. The van der Waals surface area contributed by atoms with Gasteiger partial charge in [0.25, 0.3) is 0 Å². The molecule has 31 heavy (non-hydrogen) atoms. The van der Waals surface area contributed by atoms with Gasteiger partial charge < -0.3 is 10.8 Å². The smallest absolute Gasteiger partial charge is 0.154 e. The van der Waals surface area contributed by atoms with Crippen molar-refractivity contribution in [2.75, 3.05) is 0 Å². The fourth-order valence-corrected chi connectivity index (χ4v) is 4.20. The van der Waals surface area contributed by atoms with Crippen molar-refractivity contribution in [3.05, 3.63) is 77.7 Å². The third kappa shape index (κ3) is 3.61. The molecular weight excluding hydrogens is 408 g/mol. The van der Waals surface area contributed by atoms with Crippen LogP contribution in [-0.2, 0) is 6.61 Å². The van der Waals surface area contributed by atoms with Crippen LogP contribution in [0.25, 0.3) is 38.5 Å². The molecule has 5 rings (SSSR count). The lowest BCUT2D eigenvalue weighted by atomic mass is 10.0. The van der Waals surface area contributed by atoms with Gasteiger partial charge in [0.05, 0.1) is 35.4 Å². The van der Waals surface area contributed by atoms with E-state index in [1.165, 1.54) is 0 Å². The van der Waals surface area contributed by atoms with Crippen LogP contribution < -0.4 is 5.73 Å². The van der Waals surface area contributed by atoms with E-state index in [1.54, 1.807) is 28.3 Å². The molecule has 0 bridgehead atoms. The number of nitrogens with two attached hydrogens (primary N) is 1. The fourth-order valence-electron chi connectivity index (χ4n) is 3.53. The van der Waals surface area contributed by atoms with Gasteiger partial charge in [-0.25, -0.2) is 14.6 Å². The van der Waals surface area contributed by atoms with Crippen LogP contribution in [0.2, 0.25) is 0 Å². The minimum atomic E-state index is -0.155. The van der Waals surface area contributed by atoms with Gasteiger partial charge in [-0.1, -0.05) is 12.1 Å². The molecule has 8 heteroatoms. The number of hydrogen-bond acceptors (Lipinski definition) is 7. The molecule has 0 aliphatic rings. The Morgan fingerprint density at radius 3 is 2.77 bits per heavy atom. The van der Waals surface area contributed by atoms with Crippen molar-refractivity contribution in [1.29, 1.82) is 0 Å². The first kappa shape index (κ1) is 19.5. The summed E-state index contributed by atoms with van der Waals surface area (Å²) in [5.74, 6) is 0.640. The number of nitrogens with zero attached hydrogens (tertiary/aromatic N) is 5. The molecule has 5 aromatic rings. The second-order valence-corrected chi connectivity index (χ2v) is 8.13. The van der Waals surface area contributed by atoms with Crippen LogP contribution in [0, 0.1) is 0 Å². The van der Waals surface area contributed by atoms with Gasteiger partial charge in [-0.3, -0.25) is 4.98 Å². The van der Waals surface area contributed by atoms with Crippen molar-refractivity contribution in [1.82, 2.24) is 24.7 Å². The third-order valence-electron chi connectivity index (χ3n) is 5.06. The van der Waals surface area contributed by atoms with Crippen LogP contribution >= 0.6 is 11.3 Å². The normalized spacial score (nSPS) is 12.4. The van der Waals surface area contributed by atoms with E-state index in [9.17, 15) is 5.11 Å². The number of hydrogen-bond donors (Lipinski definition) is 2. The van der Waals surface area contributed by atoms with E-state index in [0.717, 1.165) is 38.4 Å². The molecule has 0 radical (unpaired) electrons. The minimum Gasteiger partial charge on any atom is -0.390 e. The van der Waals surface area contributed by atoms with Gasteiger partial charge in [0, 0.05) is 34.1 Å². The Morgan fingerprint density at radius 2 is 2.00 bits per heavy atom. The molecule has 1 aromatic carbocycles. The maximum absolute atomic E-state index is 9.49. The largest absolute Gasteiger partial charge is 0.390 e. The molecule has 0 amide bonds. The van der Waals surface area contributed by atoms with Crippen LogP contribution in [0.4, 0.5) is 0 Å². The topological polar surface area (TPSA) is 103 Å². The fraction of sp³-hybridized carbons (Fsp3) is 0.130. The maximum atomic E-state index is 9.49. The van der Waals surface area contributed by atoms with E-state index in [4.69, 9.17) is 10.7 Å². The predicted octanol–water partition coefficient (Wildman–Crippen LogP) is 4.12. The van der Waals surface area contributed by atoms with Crippen molar-refractivity contribution < 1.29 is 5.11 Å². The number of pyridine rings is 2. The van der Waals surface area contributed by atoms with Gasteiger partial charge >= 0.3 is 0 Å². The number of rotatable bonds is 5. The molecule has 7 nitrogen and oxygen atoms in total. The summed E-state index contributed by atoms with van der Waals surface area (Å²) in [4.78, 5) is 13.8. The summed E-state index contributed by atoms with van der Waals surface area (Å²) in [6.07, 6.45) is 3.62. The number of fused-ring (bicyclic) bond motifs is 1. The number of aromatic nitrogens is 5. The second-order valence-electron chi connectivity index (χ2n) is 7.23. The van der Waals surface area contributed by atoms with E-state index in [1.807, 2.05) is 48.8 Å². The Balaban J connectivity index is 1.76. The lowest BCUT2D eigenvalue weighted by Gasteiger charge is -2.10. The van der Waals surface area contributed by atoms with Gasteiger partial charge in [-0.15, -0.1) is 11.3 Å². The van der Waals surface area contributed by atoms with Crippen LogP contribution in [0.5, 0.6) is 0 Å². The molecule has 154 valence electrons. The number of aliphatic hydroxyl groups is 1. The highest BCUT2D eigenvalue weighted by Gasteiger charge is 2.16. The zero-order chi connectivity index (χ0) is 21.4. The molecule has 1 atom stereocenters. The molecule has 4 aromatic heterocycles. The van der Waals surface area contributed by atoms with Crippen molar-refractivity contribution in [2.24, 2.45) is 5.73 Å². The molecule has 0 saturated heterocycles. The van der Waals surface area contributed by atoms with Crippen LogP contribution in [-0.4, -0.2) is 29.8 Å². The standard InChI is InChI=1S/C23H20N6OS/c1-14(24)19-5-3-6-20(28-19)15-10-17(23-25-8-9-31-23)18-12-26-29(21(18)11-15)22-7-2-4-16(13-30)27-22/h2-12,14,30H,13,24H2,1H3. The van der Waals surface area contributed by atoms with E-state index in [0.29, 0.717) is 11.5 Å². The van der Waals surface area contributed by atoms with Crippen molar-refractivity contribution in [3.63, 3.8) is 0 Å². The summed E-state index contributed by atoms with van der Waals surface area (Å²) in [6, 6.07) is 15.4. The predicted molar refractivity (Wildman–Crippen MR) is 122 cm³/mol. The monoisotopic (exact) mass is 428 g/mol. The van der Waals surface area contributed by atoms with Crippen molar-refractivity contribution in [3.8, 4) is 27.6 Å². The lowest BCUT2D eigenvalue weighted by molar-refractivity contribution is 0.276. The summed E-state index contributed by atoms with van der Waals surface area (Å²) >= 11 is 1.58. The molecule has 0 aliphatic carbocycles. The van der Waals surface area contributed by atoms with E-state index < -0.39 is 0 Å². The summed E-state index contributed by atoms with van der Waals surface area (Å²) in [7, 11) is 0. The van der Waals surface area contributed by atoms with E-state index >= 15 is 0 Å². The molecule has 4 heterocycles. The van der Waals surface area contributed by atoms with E-state index in [-0.39, 0.29) is 12.6 Å². The highest BCUT2D eigenvalue weighted by atomic mass is 32.1. The van der Waals surface area contributed by atoms with Gasteiger partial charge in [0.2, 0.25) is 0 Å². The van der Waals surface area contributed by atoms with Crippen LogP contribution in [0.15, 0.2) is 66.3 Å². The van der Waals surface area contributed by atoms with Gasteiger partial charge in [-0.05, 0) is 43.3 Å². The molecule has 0 fully saturated rings. The first-order valence-electron chi connectivity index (χ1n) is 9.86. The second kappa shape index (κ2) is 7.99. The van der Waals surface area contributed by atoms with Gasteiger partial charge in [-0.2, -0.15) is 5.10 Å². The molecule has 0 aliphatic heterocycles. The Labute approximate surface area is 182 Å². The Kier molecular flexibility index (Phi) is 5.03. The highest BCUT2D eigenvalue weighted by Crippen LogP contribution is 2.35. The highest BCUT2D eigenvalue weighted by molar-refractivity contribution is 7.13. The molecule has 1 unspecified atom stereocenters. The molecule has 0 spiro atoms. The minimum absolute atomic E-state index is 0.128. The quantitative estimate of drug-likeness (QED) is 0.437. The summed E-state index contributed by atoms with van der Waals surface area (Å²) < 4.78 is 1.78. The maximum Gasteiger partial charge on any atom is 0.154 e. The zero-order valence-electron chi connectivity index (χ0n) is 16.8. The summed E-state index contributed by atoms with van der Waals surface area (Å²) in [5.41, 5.74) is 11.1. The van der Waals surface area contributed by atoms with Gasteiger partial charge in [0.1, 0.15) is 5.01 Å². The lowest BCUT2D eigenvalue weighted by Crippen LogP contribution is -2.07. The average molecular weight is 429 g/mol. The Bertz CT molecular complexity index is 1360. The van der Waals surface area contributed by atoms with Crippen LogP contribution in [0.3, 0.4) is 0 Å². The number of benzene rings is 1. The summed E-state index contributed by atoms with van der Waals surface area (Å²) in [6.45, 7) is 1.79. The molecule has 3 N–H and O–H groups in total. The summed E-state index contributed by atoms with van der Waals surface area (Å²) in [5, 5.41) is 17.9. The van der Waals surface area contributed by atoms with E-state index in [2.05, 4.69) is 27.2 Å². The Hall–Kier alpha value is -3.46. The average Bonchev–Trinajstić information content (AvgIpc) is 3.49. The number of aliphatic hydroxyl groups excluding tert-OH is 1. The van der Waals surface area contributed by atoms with Gasteiger partial charge in [0.15, 0.2) is 5.82 Å². The zero-order valence-corrected chi connectivity index (χ0v) is 17.6. The third-order valence-corrected chi connectivity index (χ3v) is 5.86. The first-order valence-corrected chi connectivity index (χ1v) is 10.7. The molecular formula is C23H20N6OS. The number of thiazole rings is 1.